The Kier molecular flexibility index (Phi) is 6.01. The highest BCUT2D eigenvalue weighted by molar-refractivity contribution is 7.83. The van der Waals surface area contributed by atoms with Crippen molar-refractivity contribution in [3.63, 3.8) is 0 Å². The zero-order chi connectivity index (χ0) is 16.4. The number of hydrogen-bond donors (Lipinski definition) is 5. The zero-order valence-electron chi connectivity index (χ0n) is 10.6. The lowest BCUT2D eigenvalue weighted by atomic mass is 9.98. The van der Waals surface area contributed by atoms with E-state index in [9.17, 15) is 21.9 Å². The van der Waals surface area contributed by atoms with Crippen LogP contribution in [-0.4, -0.2) is 80.5 Å². The van der Waals surface area contributed by atoms with Crippen LogP contribution in [0.25, 0.3) is 0 Å². The second-order valence-electron chi connectivity index (χ2n) is 4.06. The van der Waals surface area contributed by atoms with Crippen LogP contribution < -0.4 is 4.72 Å². The van der Waals surface area contributed by atoms with Crippen molar-refractivity contribution in [3.8, 4) is 0 Å². The summed E-state index contributed by atoms with van der Waals surface area (Å²) in [5.41, 5.74) is 0. The summed E-state index contributed by atoms with van der Waals surface area (Å²) in [5, 5.41) is 18.8. The Labute approximate surface area is 120 Å². The minimum Gasteiger partial charge on any atom is -0.394 e. The standard InChI is InChI=1S/C7H15NO11S2/c1-17-7-4(8-20(11,12)13)6(19-21(14,15)16)5(10)3(2-9)18-7/h3-10H,2H2,1H3,(H,11,12,13)(H,14,15,16)/t3-,4+,5-,6+,7+/m1/s1. The second kappa shape index (κ2) is 6.78. The van der Waals surface area contributed by atoms with Gasteiger partial charge in [0.1, 0.15) is 24.4 Å². The average Bonchev–Trinajstić information content (AvgIpc) is 2.31. The van der Waals surface area contributed by atoms with Gasteiger partial charge >= 0.3 is 20.7 Å². The fourth-order valence-corrected chi connectivity index (χ4v) is 2.92. The number of aliphatic hydroxyl groups excluding tert-OH is 2. The van der Waals surface area contributed by atoms with Gasteiger partial charge in [0.25, 0.3) is 0 Å². The molecule has 1 fully saturated rings. The van der Waals surface area contributed by atoms with Crippen LogP contribution in [0.5, 0.6) is 0 Å². The van der Waals surface area contributed by atoms with E-state index >= 15 is 0 Å². The van der Waals surface area contributed by atoms with E-state index in [0.29, 0.717) is 0 Å². The maximum atomic E-state index is 10.9. The average molecular weight is 353 g/mol. The molecule has 0 aromatic heterocycles. The fraction of sp³-hybridized carbons (Fsp3) is 1.00. The minimum atomic E-state index is -5.08. The van der Waals surface area contributed by atoms with E-state index in [2.05, 4.69) is 4.18 Å². The first-order valence-electron chi connectivity index (χ1n) is 5.36. The highest BCUT2D eigenvalue weighted by Gasteiger charge is 2.49. The number of rotatable bonds is 6. The van der Waals surface area contributed by atoms with E-state index in [-0.39, 0.29) is 0 Å². The second-order valence-corrected chi connectivity index (χ2v) is 6.29. The van der Waals surface area contributed by atoms with E-state index in [0.717, 1.165) is 7.11 Å². The molecule has 0 aliphatic carbocycles. The van der Waals surface area contributed by atoms with Crippen molar-refractivity contribution in [1.29, 1.82) is 0 Å². The molecule has 0 unspecified atom stereocenters. The predicted octanol–water partition coefficient (Wildman–Crippen LogP) is -3.34. The summed E-state index contributed by atoms with van der Waals surface area (Å²) in [7, 11) is -8.87. The molecule has 1 aliphatic heterocycles. The lowest BCUT2D eigenvalue weighted by Gasteiger charge is -2.42. The molecule has 0 spiro atoms. The van der Waals surface area contributed by atoms with Crippen molar-refractivity contribution in [1.82, 2.24) is 4.72 Å². The largest absolute Gasteiger partial charge is 0.397 e. The third-order valence-corrected chi connectivity index (χ3v) is 3.64. The molecular formula is C7H15NO11S2. The van der Waals surface area contributed by atoms with Gasteiger partial charge in [-0.1, -0.05) is 0 Å². The Morgan fingerprint density at radius 2 is 1.81 bits per heavy atom. The van der Waals surface area contributed by atoms with Gasteiger partial charge in [-0.15, -0.1) is 0 Å². The molecule has 0 aromatic rings. The lowest BCUT2D eigenvalue weighted by Crippen LogP contribution is -2.65. The highest BCUT2D eigenvalue weighted by Crippen LogP contribution is 2.25. The third kappa shape index (κ3) is 5.37. The normalized spacial score (nSPS) is 34.8. The molecule has 0 amide bonds. The van der Waals surface area contributed by atoms with E-state index in [1.807, 2.05) is 0 Å². The smallest absolute Gasteiger partial charge is 0.394 e. The molecule has 0 bridgehead atoms. The summed E-state index contributed by atoms with van der Waals surface area (Å²) in [6.07, 6.45) is -6.65. The third-order valence-electron chi connectivity index (χ3n) is 2.60. The Morgan fingerprint density at radius 1 is 1.24 bits per heavy atom. The van der Waals surface area contributed by atoms with Crippen molar-refractivity contribution in [2.75, 3.05) is 13.7 Å². The first-order valence-corrected chi connectivity index (χ1v) is 8.16. The number of methoxy groups -OCH3 is 1. The van der Waals surface area contributed by atoms with Gasteiger partial charge in [0.05, 0.1) is 6.61 Å². The van der Waals surface area contributed by atoms with Crippen molar-refractivity contribution in [3.05, 3.63) is 0 Å². The number of aliphatic hydroxyl groups is 2. The van der Waals surface area contributed by atoms with Crippen molar-refractivity contribution < 1.29 is 49.8 Å². The van der Waals surface area contributed by atoms with E-state index < -0.39 is 58.0 Å². The van der Waals surface area contributed by atoms with Crippen LogP contribution in [0.1, 0.15) is 0 Å². The number of hydrogen-bond acceptors (Lipinski definition) is 9. The highest BCUT2D eigenvalue weighted by atomic mass is 32.3. The van der Waals surface area contributed by atoms with Crippen LogP contribution in [-0.2, 0) is 34.4 Å². The Balaban J connectivity index is 3.16. The molecule has 0 radical (unpaired) electrons. The summed E-state index contributed by atoms with van der Waals surface area (Å²) in [5.74, 6) is 0. The lowest BCUT2D eigenvalue weighted by molar-refractivity contribution is -0.256. The predicted molar refractivity (Wildman–Crippen MR) is 63.7 cm³/mol. The quantitative estimate of drug-likeness (QED) is 0.300. The van der Waals surface area contributed by atoms with Gasteiger partial charge < -0.3 is 19.7 Å². The molecule has 0 aromatic carbocycles. The topological polar surface area (TPSA) is 189 Å². The molecular weight excluding hydrogens is 338 g/mol. The summed E-state index contributed by atoms with van der Waals surface area (Å²) in [6.45, 7) is -0.773. The first kappa shape index (κ1) is 18.6. The summed E-state index contributed by atoms with van der Waals surface area (Å²) >= 11 is 0. The van der Waals surface area contributed by atoms with Crippen molar-refractivity contribution in [2.45, 2.75) is 30.6 Å². The Hall–Kier alpha value is -0.420. The van der Waals surface area contributed by atoms with Crippen LogP contribution in [0.15, 0.2) is 0 Å². The molecule has 1 aliphatic rings. The number of nitrogens with one attached hydrogen (secondary N) is 1. The SMILES string of the molecule is CO[C@H]1O[C@H](CO)[C@@H](O)[C@@H](OS(=O)(=O)O)[C@@H]1NS(=O)(=O)O. The van der Waals surface area contributed by atoms with Crippen LogP contribution in [0.4, 0.5) is 0 Å². The van der Waals surface area contributed by atoms with Gasteiger partial charge in [-0.05, 0) is 0 Å². The van der Waals surface area contributed by atoms with Crippen molar-refractivity contribution in [2.24, 2.45) is 0 Å². The van der Waals surface area contributed by atoms with Gasteiger partial charge in [0.15, 0.2) is 6.29 Å². The molecule has 21 heavy (non-hydrogen) atoms. The monoisotopic (exact) mass is 353 g/mol. The summed E-state index contributed by atoms with van der Waals surface area (Å²) in [4.78, 5) is 0. The molecule has 12 nitrogen and oxygen atoms in total. The van der Waals surface area contributed by atoms with Crippen LogP contribution in [0, 0.1) is 0 Å². The van der Waals surface area contributed by atoms with Gasteiger partial charge in [0, 0.05) is 7.11 Å². The minimum absolute atomic E-state index is 0.773. The maximum absolute atomic E-state index is 10.9. The summed E-state index contributed by atoms with van der Waals surface area (Å²) in [6, 6.07) is -1.72. The summed E-state index contributed by atoms with van der Waals surface area (Å²) < 4.78 is 76.2. The molecule has 126 valence electrons. The van der Waals surface area contributed by atoms with Gasteiger partial charge in [-0.3, -0.25) is 9.11 Å². The molecule has 1 heterocycles. The number of ether oxygens (including phenoxy) is 2. The van der Waals surface area contributed by atoms with Gasteiger partial charge in [-0.2, -0.15) is 21.6 Å². The Morgan fingerprint density at radius 3 is 2.19 bits per heavy atom. The van der Waals surface area contributed by atoms with Crippen LogP contribution in [0.3, 0.4) is 0 Å². The van der Waals surface area contributed by atoms with E-state index in [1.165, 1.54) is 0 Å². The maximum Gasteiger partial charge on any atom is 0.397 e. The van der Waals surface area contributed by atoms with E-state index in [1.54, 1.807) is 4.72 Å². The van der Waals surface area contributed by atoms with Gasteiger partial charge in [-0.25, -0.2) is 4.18 Å². The first-order chi connectivity index (χ1) is 9.48. The molecule has 1 saturated heterocycles. The molecule has 14 heteroatoms. The van der Waals surface area contributed by atoms with E-state index in [4.69, 9.17) is 23.7 Å². The zero-order valence-corrected chi connectivity index (χ0v) is 12.2. The molecule has 1 rings (SSSR count). The molecule has 5 atom stereocenters. The molecule has 5 N–H and O–H groups in total. The van der Waals surface area contributed by atoms with Crippen LogP contribution in [0.2, 0.25) is 0 Å². The van der Waals surface area contributed by atoms with Crippen LogP contribution >= 0.6 is 0 Å². The molecule has 0 saturated carbocycles. The van der Waals surface area contributed by atoms with Crippen molar-refractivity contribution >= 4 is 20.7 Å². The van der Waals surface area contributed by atoms with Gasteiger partial charge in [0.2, 0.25) is 0 Å². The Bertz CT molecular complexity index is 545. The fourth-order valence-electron chi connectivity index (χ4n) is 1.82.